The largest absolute Gasteiger partial charge is 0.393 e. The Labute approximate surface area is 292 Å². The second-order valence-corrected chi connectivity index (χ2v) is 12.0. The highest BCUT2D eigenvalue weighted by Crippen LogP contribution is 2.48. The van der Waals surface area contributed by atoms with Gasteiger partial charge in [-0.3, -0.25) is 4.79 Å². The van der Waals surface area contributed by atoms with E-state index in [4.69, 9.17) is 26.3 Å². The standard InChI is InChI=1S/C20H20FN7O2.C11H12FN7O3/c1-3-20(26-27-22)12(2)16(21)17(30-20)14-9-10-15-18(23-11-24-28(14)15)25-19(29)13-7-5-4-6-8-13;12-7-8(22-11(3-20,9(7)21)17-18-14)5-1-2-6-10(13)15-4-16-19(5)6/h4-12,16-17H,3H2,1-2H3,(H,23,24,25,29);1-2,4,7-9,20-21H,3H2,(H2,13,15,16)/t12-,16+,17-,20+;7-,8-,9-,11+/m00/s1. The summed E-state index contributed by atoms with van der Waals surface area (Å²) in [6.45, 7) is 2.59. The summed E-state index contributed by atoms with van der Waals surface area (Å²) in [4.78, 5) is 25.8. The Morgan fingerprint density at radius 3 is 2.15 bits per heavy atom. The number of carbonyl (C=O) groups is 1. The number of carbonyl (C=O) groups excluding carboxylic acids is 1. The molecule has 0 unspecified atom stereocenters. The lowest BCUT2D eigenvalue weighted by atomic mass is 9.92. The van der Waals surface area contributed by atoms with Crippen LogP contribution in [0.2, 0.25) is 0 Å². The monoisotopic (exact) mass is 718 g/mol. The van der Waals surface area contributed by atoms with Crippen LogP contribution in [0.25, 0.3) is 31.9 Å². The highest BCUT2D eigenvalue weighted by Gasteiger charge is 2.56. The SMILES string of the molecule is CC[C@@]1(N=[N+]=[N-])O[C@@H](c2ccc3c(NC(=O)c4ccccc4)ncnn23)[C@H](F)[C@@H]1C.[N-]=[N+]=N[C@]1(CO)O[C@@H](c2ccc3c(N)ncnn23)[C@H](F)[C@@H]1O. The third kappa shape index (κ3) is 6.06. The van der Waals surface area contributed by atoms with Crippen LogP contribution in [-0.4, -0.2) is 81.8 Å². The van der Waals surface area contributed by atoms with Crippen LogP contribution >= 0.6 is 0 Å². The first-order chi connectivity index (χ1) is 25.0. The molecule has 5 N–H and O–H groups in total. The number of fused-ring (bicyclic) bond motifs is 2. The lowest BCUT2D eigenvalue weighted by Gasteiger charge is -2.25. The summed E-state index contributed by atoms with van der Waals surface area (Å²) < 4.78 is 43.7. The summed E-state index contributed by atoms with van der Waals surface area (Å²) in [7, 11) is 0. The van der Waals surface area contributed by atoms with Crippen molar-refractivity contribution < 1.29 is 33.3 Å². The van der Waals surface area contributed by atoms with E-state index < -0.39 is 54.6 Å². The molecule has 2 saturated heterocycles. The van der Waals surface area contributed by atoms with E-state index in [0.717, 1.165) is 0 Å². The molecule has 0 saturated carbocycles. The van der Waals surface area contributed by atoms with Gasteiger partial charge in [0.2, 0.25) is 0 Å². The van der Waals surface area contributed by atoms with Gasteiger partial charge in [-0.15, -0.1) is 0 Å². The second-order valence-electron chi connectivity index (χ2n) is 12.0. The van der Waals surface area contributed by atoms with Gasteiger partial charge in [-0.05, 0) is 53.9 Å². The number of amides is 1. The van der Waals surface area contributed by atoms with Crippen LogP contribution in [0.5, 0.6) is 0 Å². The molecule has 4 aromatic heterocycles. The maximum absolute atomic E-state index is 15.2. The Morgan fingerprint density at radius 1 is 0.942 bits per heavy atom. The Balaban J connectivity index is 0.000000187. The fourth-order valence-corrected chi connectivity index (χ4v) is 6.33. The van der Waals surface area contributed by atoms with Gasteiger partial charge in [0, 0.05) is 21.3 Å². The van der Waals surface area contributed by atoms with Crippen LogP contribution in [0.3, 0.4) is 0 Å². The van der Waals surface area contributed by atoms with Gasteiger partial charge >= 0.3 is 0 Å². The van der Waals surface area contributed by atoms with Crippen molar-refractivity contribution in [2.24, 2.45) is 16.1 Å². The van der Waals surface area contributed by atoms with E-state index >= 15 is 4.39 Å². The molecule has 0 aliphatic carbocycles. The molecule has 7 rings (SSSR count). The zero-order chi connectivity index (χ0) is 37.2. The normalized spacial score (nSPS) is 28.1. The quantitative estimate of drug-likeness (QED) is 0.0988. The number of ether oxygens (including phenoxy) is 2. The third-order valence-electron chi connectivity index (χ3n) is 9.20. The van der Waals surface area contributed by atoms with Crippen molar-refractivity contribution in [2.45, 2.75) is 62.4 Å². The van der Waals surface area contributed by atoms with E-state index in [1.807, 2.05) is 6.07 Å². The number of anilines is 2. The number of aliphatic hydroxyl groups excluding tert-OH is 2. The first-order valence-electron chi connectivity index (χ1n) is 15.9. The van der Waals surface area contributed by atoms with Gasteiger partial charge in [-0.1, -0.05) is 42.3 Å². The number of benzene rings is 1. The molecule has 1 aromatic carbocycles. The minimum absolute atomic E-state index is 0.193. The van der Waals surface area contributed by atoms with E-state index in [0.29, 0.717) is 34.5 Å². The van der Waals surface area contributed by atoms with E-state index in [9.17, 15) is 19.4 Å². The number of aliphatic hydroxyl groups is 2. The molecule has 0 radical (unpaired) electrons. The molecule has 0 bridgehead atoms. The van der Waals surface area contributed by atoms with Gasteiger partial charge < -0.3 is 30.7 Å². The molecule has 8 atom stereocenters. The average Bonchev–Trinajstić information content (AvgIpc) is 3.91. The first-order valence-corrected chi connectivity index (χ1v) is 15.9. The van der Waals surface area contributed by atoms with Crippen molar-refractivity contribution in [3.63, 3.8) is 0 Å². The Bertz CT molecular complexity index is 2190. The van der Waals surface area contributed by atoms with Crippen LogP contribution in [0.4, 0.5) is 20.4 Å². The molecule has 2 aliphatic rings. The highest BCUT2D eigenvalue weighted by molar-refractivity contribution is 6.05. The van der Waals surface area contributed by atoms with Crippen molar-refractivity contribution in [3.05, 3.63) is 105 Å². The lowest BCUT2D eigenvalue weighted by Crippen LogP contribution is -2.43. The highest BCUT2D eigenvalue weighted by atomic mass is 19.1. The zero-order valence-electron chi connectivity index (χ0n) is 27.5. The number of alkyl halides is 2. The Morgan fingerprint density at radius 2 is 1.52 bits per heavy atom. The molecule has 5 aromatic rings. The number of hydrogen-bond acceptors (Lipinski definition) is 12. The van der Waals surface area contributed by atoms with Crippen LogP contribution in [0.15, 0.2) is 77.5 Å². The summed E-state index contributed by atoms with van der Waals surface area (Å²) >= 11 is 0. The summed E-state index contributed by atoms with van der Waals surface area (Å²) in [5, 5.41) is 37.2. The van der Waals surface area contributed by atoms with Crippen LogP contribution < -0.4 is 11.1 Å². The van der Waals surface area contributed by atoms with Crippen LogP contribution in [0, 0.1) is 5.92 Å². The molecular formula is C31H32F2N14O5. The molecule has 2 aliphatic heterocycles. The predicted octanol–water partition coefficient (Wildman–Crippen LogP) is 4.52. The van der Waals surface area contributed by atoms with Gasteiger partial charge in [0.25, 0.3) is 5.91 Å². The minimum atomic E-state index is -2.08. The van der Waals surface area contributed by atoms with Crippen molar-refractivity contribution in [2.75, 3.05) is 17.7 Å². The maximum Gasteiger partial charge on any atom is 0.256 e. The predicted molar refractivity (Wildman–Crippen MR) is 179 cm³/mol. The molecule has 1 amide bonds. The number of nitrogen functional groups attached to an aromatic ring is 1. The lowest BCUT2D eigenvalue weighted by molar-refractivity contribution is -0.108. The molecule has 270 valence electrons. The van der Waals surface area contributed by atoms with Gasteiger partial charge in [-0.25, -0.2) is 27.8 Å². The molecule has 0 spiro atoms. The first kappa shape index (κ1) is 35.9. The molecule has 52 heavy (non-hydrogen) atoms. The number of nitrogens with two attached hydrogens (primary N) is 1. The zero-order valence-corrected chi connectivity index (χ0v) is 27.5. The smallest absolute Gasteiger partial charge is 0.256 e. The fourth-order valence-electron chi connectivity index (χ4n) is 6.33. The van der Waals surface area contributed by atoms with Crippen molar-refractivity contribution >= 4 is 28.6 Å². The van der Waals surface area contributed by atoms with Crippen LogP contribution in [-0.2, 0) is 9.47 Å². The number of aromatic nitrogens is 6. The van der Waals surface area contributed by atoms with Crippen molar-refractivity contribution in [3.8, 4) is 0 Å². The number of hydrogen-bond donors (Lipinski definition) is 4. The van der Waals surface area contributed by atoms with E-state index in [-0.39, 0.29) is 17.4 Å². The summed E-state index contributed by atoms with van der Waals surface area (Å²) in [6.07, 6.45) is -4.59. The second kappa shape index (κ2) is 14.3. The minimum Gasteiger partial charge on any atom is -0.393 e. The van der Waals surface area contributed by atoms with E-state index in [1.54, 1.807) is 56.3 Å². The molecule has 19 nitrogen and oxygen atoms in total. The summed E-state index contributed by atoms with van der Waals surface area (Å²) in [5.41, 5.74) is 21.9. The molecule has 6 heterocycles. The molecule has 21 heteroatoms. The fraction of sp³-hybridized carbons (Fsp3) is 0.387. The number of halogens is 2. The number of azide groups is 2. The van der Waals surface area contributed by atoms with Crippen LogP contribution in [0.1, 0.15) is 54.2 Å². The van der Waals surface area contributed by atoms with Gasteiger partial charge in [-0.2, -0.15) is 10.2 Å². The van der Waals surface area contributed by atoms with Crippen molar-refractivity contribution in [1.82, 2.24) is 29.2 Å². The van der Waals surface area contributed by atoms with Gasteiger partial charge in [0.1, 0.15) is 48.2 Å². The third-order valence-corrected chi connectivity index (χ3v) is 9.20. The number of nitrogens with zero attached hydrogens (tertiary/aromatic N) is 12. The van der Waals surface area contributed by atoms with Crippen molar-refractivity contribution in [1.29, 1.82) is 0 Å². The van der Waals surface area contributed by atoms with E-state index in [2.05, 4.69) is 45.5 Å². The molecular weight excluding hydrogens is 686 g/mol. The Hall–Kier alpha value is -5.95. The van der Waals surface area contributed by atoms with E-state index in [1.165, 1.54) is 27.8 Å². The maximum atomic E-state index is 15.2. The van der Waals surface area contributed by atoms with Gasteiger partial charge in [0.05, 0.1) is 18.0 Å². The number of nitrogens with one attached hydrogen (secondary N) is 1. The Kier molecular flexibility index (Phi) is 9.90. The average molecular weight is 719 g/mol. The van der Waals surface area contributed by atoms with Gasteiger partial charge in [0.15, 0.2) is 29.3 Å². The summed E-state index contributed by atoms with van der Waals surface area (Å²) in [6, 6.07) is 15.2. The topological polar surface area (TPSA) is 272 Å². The molecule has 2 fully saturated rings. The summed E-state index contributed by atoms with van der Waals surface area (Å²) in [5.74, 6) is -0.462. The number of rotatable bonds is 8.